The Kier molecular flexibility index (Phi) is 39.9. The second kappa shape index (κ2) is 40.0. The van der Waals surface area contributed by atoms with Crippen LogP contribution in [0.4, 0.5) is 0 Å². The molecule has 0 N–H and O–H groups in total. The molecule has 260 valence electrons. The molecule has 0 aromatic heterocycles. The van der Waals surface area contributed by atoms with Gasteiger partial charge in [0.2, 0.25) is 0 Å². The van der Waals surface area contributed by atoms with Gasteiger partial charge in [-0.1, -0.05) is 233 Å². The minimum Gasteiger partial charge on any atom is -0.303 e. The lowest BCUT2D eigenvalue weighted by atomic mass is 10.0. The molecule has 0 aliphatic rings. The summed E-state index contributed by atoms with van der Waals surface area (Å²) in [5.74, 6) is 0. The summed E-state index contributed by atoms with van der Waals surface area (Å²) in [5, 5.41) is 0. The molecule has 0 bridgehead atoms. The van der Waals surface area contributed by atoms with Crippen LogP contribution in [0.25, 0.3) is 0 Å². The molecule has 0 fully saturated rings. The van der Waals surface area contributed by atoms with Gasteiger partial charge in [-0.2, -0.15) is 0 Å². The van der Waals surface area contributed by atoms with E-state index in [-0.39, 0.29) is 0 Å². The van der Waals surface area contributed by atoms with Gasteiger partial charge in [-0.3, -0.25) is 0 Å². The van der Waals surface area contributed by atoms with E-state index in [4.69, 9.17) is 0 Å². The van der Waals surface area contributed by atoms with Gasteiger partial charge >= 0.3 is 0 Å². The van der Waals surface area contributed by atoms with Crippen molar-refractivity contribution in [1.29, 1.82) is 0 Å². The first-order valence-corrected chi connectivity index (χ1v) is 21.1. The van der Waals surface area contributed by atoms with Crippen LogP contribution >= 0.6 is 0 Å². The third kappa shape index (κ3) is 38.1. The lowest BCUT2D eigenvalue weighted by molar-refractivity contribution is 0.254. The largest absolute Gasteiger partial charge is 0.303 e. The van der Waals surface area contributed by atoms with Gasteiger partial charge in [0.15, 0.2) is 0 Å². The van der Waals surface area contributed by atoms with E-state index in [1.807, 2.05) is 0 Å². The zero-order chi connectivity index (χ0) is 31.2. The van der Waals surface area contributed by atoms with Crippen molar-refractivity contribution >= 4 is 0 Å². The molecule has 0 rings (SSSR count). The number of unbranched alkanes of at least 4 members (excludes halogenated alkanes) is 33. The van der Waals surface area contributed by atoms with Crippen LogP contribution in [-0.2, 0) is 0 Å². The van der Waals surface area contributed by atoms with E-state index in [0.717, 1.165) is 0 Å². The van der Waals surface area contributed by atoms with Crippen molar-refractivity contribution in [3.63, 3.8) is 0 Å². The standard InChI is InChI=1S/C42H87N/c1-4-7-10-13-16-19-22-23-24-25-26-27-30-33-36-39-42-43(40-37-34-31-28-20-17-14-11-8-5-2)41-38-35-32-29-21-18-15-12-9-6-3/h4-42H2,1-3H3. The van der Waals surface area contributed by atoms with Crippen LogP contribution in [0.5, 0.6) is 0 Å². The smallest absolute Gasteiger partial charge is 0.00187 e. The van der Waals surface area contributed by atoms with Crippen molar-refractivity contribution in [2.45, 2.75) is 252 Å². The van der Waals surface area contributed by atoms with Gasteiger partial charge in [0.1, 0.15) is 0 Å². The molecule has 0 heterocycles. The molecule has 0 unspecified atom stereocenters. The van der Waals surface area contributed by atoms with E-state index in [9.17, 15) is 0 Å². The lowest BCUT2D eigenvalue weighted by Gasteiger charge is -2.22. The second-order valence-corrected chi connectivity index (χ2v) is 14.5. The van der Waals surface area contributed by atoms with E-state index in [2.05, 4.69) is 25.7 Å². The zero-order valence-electron chi connectivity index (χ0n) is 31.0. The minimum absolute atomic E-state index is 1.37. The van der Waals surface area contributed by atoms with E-state index in [0.29, 0.717) is 0 Å². The van der Waals surface area contributed by atoms with Crippen LogP contribution in [0.2, 0.25) is 0 Å². The maximum absolute atomic E-state index is 2.86. The molecule has 0 saturated carbocycles. The Hall–Kier alpha value is -0.0400. The lowest BCUT2D eigenvalue weighted by Crippen LogP contribution is -2.27. The number of hydrogen-bond acceptors (Lipinski definition) is 1. The Morgan fingerprint density at radius 2 is 0.326 bits per heavy atom. The topological polar surface area (TPSA) is 3.24 Å². The van der Waals surface area contributed by atoms with Gasteiger partial charge in [0.05, 0.1) is 0 Å². The first-order chi connectivity index (χ1) is 21.3. The van der Waals surface area contributed by atoms with E-state index >= 15 is 0 Å². The average molecular weight is 606 g/mol. The van der Waals surface area contributed by atoms with Gasteiger partial charge < -0.3 is 4.90 Å². The van der Waals surface area contributed by atoms with Crippen LogP contribution in [0, 0.1) is 0 Å². The van der Waals surface area contributed by atoms with E-state index in [1.54, 1.807) is 0 Å². The van der Waals surface area contributed by atoms with Crippen LogP contribution in [0.15, 0.2) is 0 Å². The zero-order valence-corrected chi connectivity index (χ0v) is 31.0. The Bertz CT molecular complexity index is 436. The summed E-state index contributed by atoms with van der Waals surface area (Å²) in [6.45, 7) is 11.1. The predicted molar refractivity (Wildman–Crippen MR) is 200 cm³/mol. The van der Waals surface area contributed by atoms with Crippen LogP contribution in [0.1, 0.15) is 252 Å². The van der Waals surface area contributed by atoms with Crippen molar-refractivity contribution in [3.8, 4) is 0 Å². The van der Waals surface area contributed by atoms with Gasteiger partial charge in [0, 0.05) is 0 Å². The average Bonchev–Trinajstić information content (AvgIpc) is 3.02. The summed E-state index contributed by atoms with van der Waals surface area (Å²) in [6, 6.07) is 0. The maximum atomic E-state index is 2.86. The second-order valence-electron chi connectivity index (χ2n) is 14.5. The van der Waals surface area contributed by atoms with Gasteiger partial charge in [-0.05, 0) is 38.9 Å². The summed E-state index contributed by atoms with van der Waals surface area (Å²) in [6.07, 6.45) is 52.6. The summed E-state index contributed by atoms with van der Waals surface area (Å²) < 4.78 is 0. The maximum Gasteiger partial charge on any atom is -0.00187 e. The molecule has 0 amide bonds. The van der Waals surface area contributed by atoms with Crippen molar-refractivity contribution in [2.75, 3.05) is 19.6 Å². The SMILES string of the molecule is CCCCCCCCCCCCCCCCCCN(CCCCCCCCCCCC)CCCCCCCCCCCC. The molecule has 0 spiro atoms. The Morgan fingerprint density at radius 3 is 0.488 bits per heavy atom. The summed E-state index contributed by atoms with van der Waals surface area (Å²) >= 11 is 0. The summed E-state index contributed by atoms with van der Waals surface area (Å²) in [5.41, 5.74) is 0. The van der Waals surface area contributed by atoms with Gasteiger partial charge in [-0.25, -0.2) is 0 Å². The Labute approximate surface area is 275 Å². The van der Waals surface area contributed by atoms with Crippen molar-refractivity contribution in [2.24, 2.45) is 0 Å². The predicted octanol–water partition coefficient (Wildman–Crippen LogP) is 15.4. The van der Waals surface area contributed by atoms with Crippen molar-refractivity contribution in [3.05, 3.63) is 0 Å². The van der Waals surface area contributed by atoms with Gasteiger partial charge in [-0.15, -0.1) is 0 Å². The fourth-order valence-electron chi connectivity index (χ4n) is 6.86. The molecule has 0 saturated heterocycles. The third-order valence-electron chi connectivity index (χ3n) is 9.98. The van der Waals surface area contributed by atoms with E-state index < -0.39 is 0 Å². The molecule has 0 aromatic carbocycles. The highest BCUT2D eigenvalue weighted by molar-refractivity contribution is 4.61. The van der Waals surface area contributed by atoms with Crippen LogP contribution < -0.4 is 0 Å². The first-order valence-electron chi connectivity index (χ1n) is 21.1. The Morgan fingerprint density at radius 1 is 0.186 bits per heavy atom. The fraction of sp³-hybridized carbons (Fsp3) is 1.00. The number of nitrogens with zero attached hydrogens (tertiary/aromatic N) is 1. The minimum atomic E-state index is 1.37. The summed E-state index contributed by atoms with van der Waals surface area (Å²) in [4.78, 5) is 2.86. The molecule has 0 atom stereocenters. The molecule has 0 aromatic rings. The van der Waals surface area contributed by atoms with Crippen LogP contribution in [0.3, 0.4) is 0 Å². The molecular formula is C42H87N. The molecule has 1 nitrogen and oxygen atoms in total. The molecule has 43 heavy (non-hydrogen) atoms. The Balaban J connectivity index is 3.83. The monoisotopic (exact) mass is 606 g/mol. The molecule has 0 radical (unpaired) electrons. The highest BCUT2D eigenvalue weighted by Gasteiger charge is 2.05. The highest BCUT2D eigenvalue weighted by Crippen LogP contribution is 2.16. The van der Waals surface area contributed by atoms with Crippen molar-refractivity contribution < 1.29 is 0 Å². The summed E-state index contributed by atoms with van der Waals surface area (Å²) in [7, 11) is 0. The number of rotatable bonds is 39. The van der Waals surface area contributed by atoms with Gasteiger partial charge in [0.25, 0.3) is 0 Å². The molecule has 0 aliphatic heterocycles. The van der Waals surface area contributed by atoms with E-state index in [1.165, 1.54) is 251 Å². The first kappa shape index (κ1) is 43.0. The molecule has 1 heteroatoms. The third-order valence-corrected chi connectivity index (χ3v) is 9.98. The molecular weight excluding hydrogens is 518 g/mol. The van der Waals surface area contributed by atoms with Crippen molar-refractivity contribution in [1.82, 2.24) is 4.90 Å². The highest BCUT2D eigenvalue weighted by atomic mass is 15.1. The normalized spacial score (nSPS) is 11.7. The fourth-order valence-corrected chi connectivity index (χ4v) is 6.86. The quantitative estimate of drug-likeness (QED) is 0.0630. The van der Waals surface area contributed by atoms with Crippen LogP contribution in [-0.4, -0.2) is 24.5 Å². The number of hydrogen-bond donors (Lipinski definition) is 0. The molecule has 0 aliphatic carbocycles.